The first kappa shape index (κ1) is 21.4. The van der Waals surface area contributed by atoms with Gasteiger partial charge in [0.1, 0.15) is 0 Å². The second-order valence-corrected chi connectivity index (χ2v) is 8.31. The second-order valence-electron chi connectivity index (χ2n) is 7.52. The highest BCUT2D eigenvalue weighted by Crippen LogP contribution is 2.29. The van der Waals surface area contributed by atoms with Crippen molar-refractivity contribution in [2.75, 3.05) is 51.1 Å². The van der Waals surface area contributed by atoms with Crippen LogP contribution in [0.25, 0.3) is 0 Å². The number of nitrogens with one attached hydrogen (secondary N) is 1. The van der Waals surface area contributed by atoms with Crippen molar-refractivity contribution in [3.8, 4) is 0 Å². The highest BCUT2D eigenvalue weighted by Gasteiger charge is 2.28. The molecule has 2 amide bonds. The molecule has 2 saturated heterocycles. The van der Waals surface area contributed by atoms with E-state index in [9.17, 15) is 9.59 Å². The number of piperidine rings is 1. The Hall–Kier alpha value is -1.34. The quantitative estimate of drug-likeness (QED) is 0.785. The standard InChI is InChI=1S/C20H28Cl2N4O2/c1-15(20(28)23-17-7-5-6-16(21)19(17)22)25-12-10-24(11-13-25)14-18(27)26-8-3-2-4-9-26/h5-7,15H,2-4,8-14H2,1H3,(H,23,28)/t15-/m1/s1. The summed E-state index contributed by atoms with van der Waals surface area (Å²) in [6, 6.07) is 4.90. The molecule has 2 aliphatic rings. The van der Waals surface area contributed by atoms with Crippen LogP contribution in [0.15, 0.2) is 18.2 Å². The van der Waals surface area contributed by atoms with Crippen LogP contribution in [0.1, 0.15) is 26.2 Å². The lowest BCUT2D eigenvalue weighted by atomic mass is 10.1. The number of amides is 2. The van der Waals surface area contributed by atoms with Crippen LogP contribution in [-0.2, 0) is 9.59 Å². The van der Waals surface area contributed by atoms with Gasteiger partial charge in [0.25, 0.3) is 0 Å². The Morgan fingerprint density at radius 1 is 1.04 bits per heavy atom. The molecule has 2 fully saturated rings. The van der Waals surface area contributed by atoms with Crippen LogP contribution in [0, 0.1) is 0 Å². The summed E-state index contributed by atoms with van der Waals surface area (Å²) in [7, 11) is 0. The molecule has 3 rings (SSSR count). The van der Waals surface area contributed by atoms with Crippen molar-refractivity contribution in [2.24, 2.45) is 0 Å². The highest BCUT2D eigenvalue weighted by molar-refractivity contribution is 6.44. The van der Waals surface area contributed by atoms with Gasteiger partial charge in [0, 0.05) is 39.3 Å². The summed E-state index contributed by atoms with van der Waals surface area (Å²) in [5.74, 6) is 0.122. The van der Waals surface area contributed by atoms with Gasteiger partial charge in [-0.3, -0.25) is 19.4 Å². The first-order valence-electron chi connectivity index (χ1n) is 9.95. The maximum atomic E-state index is 12.6. The van der Waals surface area contributed by atoms with E-state index in [2.05, 4.69) is 15.1 Å². The molecule has 0 unspecified atom stereocenters. The largest absolute Gasteiger partial charge is 0.342 e. The van der Waals surface area contributed by atoms with Gasteiger partial charge in [0.05, 0.1) is 28.3 Å². The molecule has 0 aromatic heterocycles. The third-order valence-electron chi connectivity index (χ3n) is 5.61. The van der Waals surface area contributed by atoms with Crippen molar-refractivity contribution in [1.82, 2.24) is 14.7 Å². The van der Waals surface area contributed by atoms with Crippen molar-refractivity contribution in [2.45, 2.75) is 32.2 Å². The van der Waals surface area contributed by atoms with Crippen molar-refractivity contribution in [3.05, 3.63) is 28.2 Å². The number of halogens is 2. The first-order chi connectivity index (χ1) is 13.5. The summed E-state index contributed by atoms with van der Waals surface area (Å²) in [5, 5.41) is 3.63. The maximum Gasteiger partial charge on any atom is 0.241 e. The van der Waals surface area contributed by atoms with Gasteiger partial charge in [-0.05, 0) is 38.3 Å². The third kappa shape index (κ3) is 5.38. The minimum absolute atomic E-state index is 0.109. The Morgan fingerprint density at radius 3 is 2.39 bits per heavy atom. The molecular weight excluding hydrogens is 399 g/mol. The summed E-state index contributed by atoms with van der Waals surface area (Å²) in [6.07, 6.45) is 3.45. The van der Waals surface area contributed by atoms with Crippen LogP contribution < -0.4 is 5.32 Å². The van der Waals surface area contributed by atoms with Crippen LogP contribution in [0.3, 0.4) is 0 Å². The molecular formula is C20H28Cl2N4O2. The van der Waals surface area contributed by atoms with Gasteiger partial charge in [-0.2, -0.15) is 0 Å². The molecule has 1 N–H and O–H groups in total. The van der Waals surface area contributed by atoms with Gasteiger partial charge in [-0.25, -0.2) is 0 Å². The molecule has 0 bridgehead atoms. The van der Waals surface area contributed by atoms with E-state index in [1.54, 1.807) is 18.2 Å². The molecule has 1 aromatic rings. The van der Waals surface area contributed by atoms with E-state index in [0.29, 0.717) is 22.3 Å². The van der Waals surface area contributed by atoms with Crippen molar-refractivity contribution >= 4 is 40.7 Å². The van der Waals surface area contributed by atoms with E-state index >= 15 is 0 Å². The van der Waals surface area contributed by atoms with Gasteiger partial charge in [-0.15, -0.1) is 0 Å². The molecule has 2 heterocycles. The average molecular weight is 427 g/mol. The Labute approximate surface area is 176 Å². The van der Waals surface area contributed by atoms with E-state index in [0.717, 1.165) is 52.1 Å². The van der Waals surface area contributed by atoms with Gasteiger partial charge in [0.2, 0.25) is 11.8 Å². The van der Waals surface area contributed by atoms with E-state index in [4.69, 9.17) is 23.2 Å². The number of rotatable bonds is 5. The summed E-state index contributed by atoms with van der Waals surface area (Å²) >= 11 is 12.2. The molecule has 28 heavy (non-hydrogen) atoms. The number of carbonyl (C=O) groups is 2. The lowest BCUT2D eigenvalue weighted by Gasteiger charge is -2.38. The molecule has 1 aromatic carbocycles. The lowest BCUT2D eigenvalue weighted by molar-refractivity contribution is -0.134. The average Bonchev–Trinajstić information content (AvgIpc) is 2.72. The monoisotopic (exact) mass is 426 g/mol. The Bertz CT molecular complexity index is 701. The van der Waals surface area contributed by atoms with Gasteiger partial charge >= 0.3 is 0 Å². The number of carbonyl (C=O) groups excluding carboxylic acids is 2. The molecule has 0 radical (unpaired) electrons. The Balaban J connectivity index is 1.46. The smallest absolute Gasteiger partial charge is 0.241 e. The van der Waals surface area contributed by atoms with Crippen LogP contribution in [0.4, 0.5) is 5.69 Å². The second kappa shape index (κ2) is 9.92. The first-order valence-corrected chi connectivity index (χ1v) is 10.7. The van der Waals surface area contributed by atoms with Gasteiger partial charge in [-0.1, -0.05) is 29.3 Å². The normalized spacial score (nSPS) is 20.0. The molecule has 6 nitrogen and oxygen atoms in total. The molecule has 0 saturated carbocycles. The van der Waals surface area contributed by atoms with E-state index in [-0.39, 0.29) is 17.9 Å². The zero-order valence-electron chi connectivity index (χ0n) is 16.3. The fraction of sp³-hybridized carbons (Fsp3) is 0.600. The predicted octanol–water partition coefficient (Wildman–Crippen LogP) is 2.95. The van der Waals surface area contributed by atoms with Crippen LogP contribution in [0.5, 0.6) is 0 Å². The van der Waals surface area contributed by atoms with E-state index in [1.807, 2.05) is 11.8 Å². The number of benzene rings is 1. The van der Waals surface area contributed by atoms with Gasteiger partial charge < -0.3 is 10.2 Å². The number of likely N-dealkylation sites (tertiary alicyclic amines) is 1. The fourth-order valence-electron chi connectivity index (χ4n) is 3.75. The van der Waals surface area contributed by atoms with Crippen LogP contribution in [-0.4, -0.2) is 78.4 Å². The topological polar surface area (TPSA) is 55.9 Å². The molecule has 2 aliphatic heterocycles. The predicted molar refractivity (Wildman–Crippen MR) is 113 cm³/mol. The molecule has 154 valence electrons. The number of hydrogen-bond donors (Lipinski definition) is 1. The highest BCUT2D eigenvalue weighted by atomic mass is 35.5. The summed E-state index contributed by atoms with van der Waals surface area (Å²) < 4.78 is 0. The zero-order valence-corrected chi connectivity index (χ0v) is 17.8. The minimum atomic E-state index is -0.282. The van der Waals surface area contributed by atoms with Crippen LogP contribution in [0.2, 0.25) is 10.0 Å². The van der Waals surface area contributed by atoms with Crippen molar-refractivity contribution < 1.29 is 9.59 Å². The molecule has 1 atom stereocenters. The van der Waals surface area contributed by atoms with Crippen LogP contribution >= 0.6 is 23.2 Å². The Morgan fingerprint density at radius 2 is 1.71 bits per heavy atom. The van der Waals surface area contributed by atoms with E-state index in [1.165, 1.54) is 6.42 Å². The lowest BCUT2D eigenvalue weighted by Crippen LogP contribution is -2.54. The minimum Gasteiger partial charge on any atom is -0.342 e. The number of anilines is 1. The Kier molecular flexibility index (Phi) is 7.57. The van der Waals surface area contributed by atoms with Crippen molar-refractivity contribution in [1.29, 1.82) is 0 Å². The zero-order chi connectivity index (χ0) is 20.1. The SMILES string of the molecule is C[C@H](C(=O)Nc1cccc(Cl)c1Cl)N1CCN(CC(=O)N2CCCCC2)CC1. The summed E-state index contributed by atoms with van der Waals surface area (Å²) in [4.78, 5) is 31.4. The van der Waals surface area contributed by atoms with Gasteiger partial charge in [0.15, 0.2) is 0 Å². The number of hydrogen-bond acceptors (Lipinski definition) is 4. The number of nitrogens with zero attached hydrogens (tertiary/aromatic N) is 3. The maximum absolute atomic E-state index is 12.6. The fourth-order valence-corrected chi connectivity index (χ4v) is 4.09. The van der Waals surface area contributed by atoms with E-state index < -0.39 is 0 Å². The van der Waals surface area contributed by atoms with Crippen molar-refractivity contribution in [3.63, 3.8) is 0 Å². The molecule has 0 spiro atoms. The summed E-state index contributed by atoms with van der Waals surface area (Å²) in [6.45, 7) is 7.24. The molecule has 0 aliphatic carbocycles. The molecule has 8 heteroatoms. The third-order valence-corrected chi connectivity index (χ3v) is 6.43. The summed E-state index contributed by atoms with van der Waals surface area (Å²) in [5.41, 5.74) is 0.525. The number of piperazine rings is 1.